The van der Waals surface area contributed by atoms with Crippen LogP contribution in [0, 0.1) is 0 Å². The third-order valence-corrected chi connectivity index (χ3v) is 2.91. The highest BCUT2D eigenvalue weighted by Crippen LogP contribution is 1.92. The highest BCUT2D eigenvalue weighted by molar-refractivity contribution is 7.90. The molecule has 0 aliphatic rings. The fourth-order valence-corrected chi connectivity index (χ4v) is 1.93. The summed E-state index contributed by atoms with van der Waals surface area (Å²) in [5, 5.41) is 0. The van der Waals surface area contributed by atoms with Gasteiger partial charge in [-0.05, 0) is 20.8 Å². The summed E-state index contributed by atoms with van der Waals surface area (Å²) >= 11 is 0. The molecule has 0 aliphatic carbocycles. The summed E-state index contributed by atoms with van der Waals surface area (Å²) in [6.45, 7) is 4.37. The number of hydrogen-bond acceptors (Lipinski definition) is 5. The molecule has 0 fully saturated rings. The van der Waals surface area contributed by atoms with E-state index in [4.69, 9.17) is 0 Å². The molecular formula is C8H15NO5S. The normalized spacial score (nSPS) is 13.3. The topological polar surface area (TPSA) is 89.5 Å². The Balaban J connectivity index is 4.32. The van der Waals surface area contributed by atoms with Gasteiger partial charge in [0.05, 0.1) is 12.6 Å². The summed E-state index contributed by atoms with van der Waals surface area (Å²) in [6.07, 6.45) is 0. The van der Waals surface area contributed by atoms with Crippen LogP contribution in [-0.4, -0.2) is 38.6 Å². The minimum absolute atomic E-state index is 0.122. The van der Waals surface area contributed by atoms with Crippen LogP contribution in [-0.2, 0) is 24.3 Å². The molecule has 7 heteroatoms. The number of ether oxygens (including phenoxy) is 1. The highest BCUT2D eigenvalue weighted by atomic mass is 32.2. The van der Waals surface area contributed by atoms with Gasteiger partial charge in [-0.25, -0.2) is 13.1 Å². The van der Waals surface area contributed by atoms with Crippen LogP contribution in [0.4, 0.5) is 0 Å². The summed E-state index contributed by atoms with van der Waals surface area (Å²) in [5.74, 6) is -1.92. The summed E-state index contributed by atoms with van der Waals surface area (Å²) in [5.41, 5.74) is 0. The number of esters is 1. The Labute approximate surface area is 89.0 Å². The summed E-state index contributed by atoms with van der Waals surface area (Å²) in [7, 11) is -3.79. The minimum atomic E-state index is -3.79. The van der Waals surface area contributed by atoms with Crippen molar-refractivity contribution < 1.29 is 22.7 Å². The number of sulfonamides is 1. The van der Waals surface area contributed by atoms with Crippen molar-refractivity contribution in [2.45, 2.75) is 26.8 Å². The lowest BCUT2D eigenvalue weighted by atomic mass is 10.3. The van der Waals surface area contributed by atoms with E-state index in [2.05, 4.69) is 9.46 Å². The SMILES string of the molecule is CCOC(=O)CS(=O)(=O)NC(C)C(C)=O. The smallest absolute Gasteiger partial charge is 0.322 e. The quantitative estimate of drug-likeness (QED) is 0.626. The molecule has 0 radical (unpaired) electrons. The van der Waals surface area contributed by atoms with Crippen LogP contribution in [0.2, 0.25) is 0 Å². The molecule has 1 atom stereocenters. The number of rotatable bonds is 6. The molecule has 0 aliphatic heterocycles. The maximum atomic E-state index is 11.3. The van der Waals surface area contributed by atoms with Crippen LogP contribution in [0.1, 0.15) is 20.8 Å². The van der Waals surface area contributed by atoms with E-state index in [0.29, 0.717) is 0 Å². The molecule has 1 N–H and O–H groups in total. The van der Waals surface area contributed by atoms with Gasteiger partial charge < -0.3 is 4.74 Å². The molecule has 0 spiro atoms. The Hall–Kier alpha value is -0.950. The van der Waals surface area contributed by atoms with Crippen molar-refractivity contribution in [3.63, 3.8) is 0 Å². The number of hydrogen-bond donors (Lipinski definition) is 1. The molecule has 0 saturated carbocycles. The van der Waals surface area contributed by atoms with Crippen molar-refractivity contribution in [2.24, 2.45) is 0 Å². The van der Waals surface area contributed by atoms with Crippen molar-refractivity contribution >= 4 is 21.8 Å². The highest BCUT2D eigenvalue weighted by Gasteiger charge is 2.21. The van der Waals surface area contributed by atoms with Gasteiger partial charge in [0.15, 0.2) is 5.75 Å². The molecule has 0 heterocycles. The zero-order valence-electron chi connectivity index (χ0n) is 8.94. The lowest BCUT2D eigenvalue weighted by Gasteiger charge is -2.10. The first-order chi connectivity index (χ1) is 6.78. The molecule has 0 amide bonds. The molecular weight excluding hydrogens is 222 g/mol. The maximum absolute atomic E-state index is 11.3. The van der Waals surface area contributed by atoms with E-state index in [1.807, 2.05) is 0 Å². The lowest BCUT2D eigenvalue weighted by molar-refractivity contribution is -0.140. The summed E-state index contributed by atoms with van der Waals surface area (Å²) in [6, 6.07) is -0.829. The van der Waals surface area contributed by atoms with Gasteiger partial charge in [-0.1, -0.05) is 0 Å². The first kappa shape index (κ1) is 14.1. The molecule has 6 nitrogen and oxygen atoms in total. The van der Waals surface area contributed by atoms with E-state index in [9.17, 15) is 18.0 Å². The first-order valence-electron chi connectivity index (χ1n) is 4.44. The third kappa shape index (κ3) is 6.19. The standard InChI is InChI=1S/C8H15NO5S/c1-4-14-8(11)5-15(12,13)9-6(2)7(3)10/h6,9H,4-5H2,1-3H3. The fourth-order valence-electron chi connectivity index (χ4n) is 0.752. The number of carbonyl (C=O) groups is 2. The van der Waals surface area contributed by atoms with Crippen LogP contribution in [0.15, 0.2) is 0 Å². The van der Waals surface area contributed by atoms with Crippen molar-refractivity contribution in [1.82, 2.24) is 4.72 Å². The van der Waals surface area contributed by atoms with Gasteiger partial charge >= 0.3 is 5.97 Å². The predicted molar refractivity (Wildman–Crippen MR) is 53.7 cm³/mol. The van der Waals surface area contributed by atoms with Gasteiger partial charge in [0, 0.05) is 0 Å². The van der Waals surface area contributed by atoms with Crippen molar-refractivity contribution in [1.29, 1.82) is 0 Å². The molecule has 15 heavy (non-hydrogen) atoms. The number of ketones is 1. The second-order valence-electron chi connectivity index (χ2n) is 3.01. The monoisotopic (exact) mass is 237 g/mol. The average Bonchev–Trinajstić information content (AvgIpc) is 2.01. The Morgan fingerprint density at radius 3 is 2.33 bits per heavy atom. The van der Waals surface area contributed by atoms with E-state index < -0.39 is 27.8 Å². The van der Waals surface area contributed by atoms with E-state index in [1.54, 1.807) is 6.92 Å². The maximum Gasteiger partial charge on any atom is 0.322 e. The molecule has 0 bridgehead atoms. The molecule has 0 aromatic carbocycles. The third-order valence-electron chi connectivity index (χ3n) is 1.58. The van der Waals surface area contributed by atoms with Gasteiger partial charge in [0.25, 0.3) is 0 Å². The Kier molecular flexibility index (Phi) is 5.45. The number of carbonyl (C=O) groups excluding carboxylic acids is 2. The van der Waals surface area contributed by atoms with E-state index >= 15 is 0 Å². The van der Waals surface area contributed by atoms with Crippen molar-refractivity contribution in [2.75, 3.05) is 12.4 Å². The van der Waals surface area contributed by atoms with Crippen LogP contribution in [0.25, 0.3) is 0 Å². The van der Waals surface area contributed by atoms with E-state index in [1.165, 1.54) is 13.8 Å². The zero-order chi connectivity index (χ0) is 12.1. The Morgan fingerprint density at radius 1 is 1.40 bits per heavy atom. The van der Waals surface area contributed by atoms with Gasteiger partial charge in [0.1, 0.15) is 5.78 Å². The fraction of sp³-hybridized carbons (Fsp3) is 0.750. The minimum Gasteiger partial charge on any atom is -0.465 e. The van der Waals surface area contributed by atoms with Crippen molar-refractivity contribution in [3.05, 3.63) is 0 Å². The van der Waals surface area contributed by atoms with Gasteiger partial charge in [-0.3, -0.25) is 9.59 Å². The molecule has 0 saturated heterocycles. The largest absolute Gasteiger partial charge is 0.465 e. The van der Waals surface area contributed by atoms with E-state index in [-0.39, 0.29) is 12.4 Å². The van der Waals surface area contributed by atoms with Crippen LogP contribution >= 0.6 is 0 Å². The van der Waals surface area contributed by atoms with Crippen molar-refractivity contribution in [3.8, 4) is 0 Å². The van der Waals surface area contributed by atoms with Crippen LogP contribution < -0.4 is 4.72 Å². The van der Waals surface area contributed by atoms with Gasteiger partial charge in [-0.2, -0.15) is 0 Å². The van der Waals surface area contributed by atoms with Gasteiger partial charge in [-0.15, -0.1) is 0 Å². The zero-order valence-corrected chi connectivity index (χ0v) is 9.76. The number of nitrogens with one attached hydrogen (secondary N) is 1. The molecule has 0 aromatic heterocycles. The van der Waals surface area contributed by atoms with Gasteiger partial charge in [0.2, 0.25) is 10.0 Å². The molecule has 0 aromatic rings. The molecule has 1 unspecified atom stereocenters. The second-order valence-corrected chi connectivity index (χ2v) is 4.77. The average molecular weight is 237 g/mol. The lowest BCUT2D eigenvalue weighted by Crippen LogP contribution is -2.40. The van der Waals surface area contributed by atoms with Crippen LogP contribution in [0.5, 0.6) is 0 Å². The number of Topliss-reactive ketones (excluding diaryl/α,β-unsaturated/α-hetero) is 1. The van der Waals surface area contributed by atoms with E-state index in [0.717, 1.165) is 0 Å². The second kappa shape index (κ2) is 5.82. The Morgan fingerprint density at radius 2 is 1.93 bits per heavy atom. The van der Waals surface area contributed by atoms with Crippen LogP contribution in [0.3, 0.4) is 0 Å². The predicted octanol–water partition coefficient (Wildman–Crippen LogP) is -0.554. The summed E-state index contributed by atoms with van der Waals surface area (Å²) in [4.78, 5) is 21.7. The Bertz CT molecular complexity index is 335. The molecule has 88 valence electrons. The first-order valence-corrected chi connectivity index (χ1v) is 6.09. The summed E-state index contributed by atoms with van der Waals surface area (Å²) < 4.78 is 29.1. The molecule has 0 rings (SSSR count).